The highest BCUT2D eigenvalue weighted by atomic mass is 32.2. The largest absolute Gasteiger partial charge is 0.433 e. The summed E-state index contributed by atoms with van der Waals surface area (Å²) in [6, 6.07) is 1.69. The van der Waals surface area contributed by atoms with Crippen LogP contribution in [-0.4, -0.2) is 54.2 Å². The monoisotopic (exact) mass is 544 g/mol. The van der Waals surface area contributed by atoms with Crippen LogP contribution >= 0.6 is 11.3 Å². The Morgan fingerprint density at radius 2 is 1.97 bits per heavy atom. The summed E-state index contributed by atoms with van der Waals surface area (Å²) in [5.41, 5.74) is 0.286. The molecule has 14 heteroatoms. The highest BCUT2D eigenvalue weighted by molar-refractivity contribution is 7.92. The zero-order valence-corrected chi connectivity index (χ0v) is 20.5. The summed E-state index contributed by atoms with van der Waals surface area (Å²) in [7, 11) is -3.95. The Morgan fingerprint density at radius 1 is 1.22 bits per heavy atom. The Bertz CT molecular complexity index is 1370. The van der Waals surface area contributed by atoms with Crippen molar-refractivity contribution in [3.63, 3.8) is 0 Å². The number of nitrogens with zero attached hydrogens (tertiary/aromatic N) is 3. The van der Waals surface area contributed by atoms with Crippen LogP contribution in [0.25, 0.3) is 10.9 Å². The standard InChI is InChI=1S/C22H23F3N4O5S2/c23-18-11-26-22(35-18)28-20(30)16(9-12-5-7-33-8-6-12)29-15-3-4-17(34-21(24)25)19(14(15)10-27-29)36(31,32)13-1-2-13/h3-4,10-13,16,21H,1-2,5-9H2,(H,26,28,30). The van der Waals surface area contributed by atoms with Crippen molar-refractivity contribution in [3.8, 4) is 5.75 Å². The number of rotatable bonds is 9. The van der Waals surface area contributed by atoms with E-state index in [1.165, 1.54) is 23.0 Å². The van der Waals surface area contributed by atoms with Crippen molar-refractivity contribution in [3.05, 3.63) is 29.7 Å². The number of alkyl halides is 2. The zero-order valence-electron chi connectivity index (χ0n) is 18.9. The molecule has 0 spiro atoms. The van der Waals surface area contributed by atoms with Gasteiger partial charge in [0.15, 0.2) is 20.1 Å². The molecular weight excluding hydrogens is 521 g/mol. The molecule has 1 amide bonds. The van der Waals surface area contributed by atoms with Gasteiger partial charge in [0.2, 0.25) is 0 Å². The normalized spacial score (nSPS) is 18.0. The van der Waals surface area contributed by atoms with Crippen molar-refractivity contribution >= 4 is 43.1 Å². The fourth-order valence-corrected chi connectivity index (χ4v) is 6.97. The van der Waals surface area contributed by atoms with Gasteiger partial charge in [0, 0.05) is 18.6 Å². The van der Waals surface area contributed by atoms with Crippen LogP contribution in [-0.2, 0) is 19.4 Å². The molecule has 9 nitrogen and oxygen atoms in total. The van der Waals surface area contributed by atoms with E-state index in [1.807, 2.05) is 0 Å². The van der Waals surface area contributed by atoms with E-state index in [9.17, 15) is 26.4 Å². The molecule has 1 saturated carbocycles. The first kappa shape index (κ1) is 25.0. The second kappa shape index (κ2) is 9.98. The molecule has 1 N–H and O–H groups in total. The minimum atomic E-state index is -3.95. The summed E-state index contributed by atoms with van der Waals surface area (Å²) in [5, 5.41) is 5.89. The van der Waals surface area contributed by atoms with Crippen LogP contribution in [0.15, 0.2) is 29.4 Å². The molecule has 1 aliphatic heterocycles. The van der Waals surface area contributed by atoms with Crippen LogP contribution in [0, 0.1) is 11.0 Å². The molecule has 1 aromatic carbocycles. The highest BCUT2D eigenvalue weighted by Gasteiger charge is 2.41. The molecule has 0 radical (unpaired) electrons. The number of carbonyl (C=O) groups is 1. The van der Waals surface area contributed by atoms with Gasteiger partial charge in [0.1, 0.15) is 16.7 Å². The lowest BCUT2D eigenvalue weighted by Crippen LogP contribution is -2.30. The van der Waals surface area contributed by atoms with Crippen molar-refractivity contribution in [1.82, 2.24) is 14.8 Å². The van der Waals surface area contributed by atoms with E-state index in [0.717, 1.165) is 19.0 Å². The van der Waals surface area contributed by atoms with Gasteiger partial charge in [0.05, 0.1) is 23.2 Å². The lowest BCUT2D eigenvalue weighted by Gasteiger charge is -2.26. The maximum atomic E-state index is 13.4. The topological polar surface area (TPSA) is 112 Å². The van der Waals surface area contributed by atoms with E-state index in [2.05, 4.69) is 20.1 Å². The molecule has 194 valence electrons. The predicted octanol–water partition coefficient (Wildman–Crippen LogP) is 4.17. The highest BCUT2D eigenvalue weighted by Crippen LogP contribution is 2.42. The number of hydrogen-bond acceptors (Lipinski definition) is 8. The average Bonchev–Trinajstić information content (AvgIpc) is 3.51. The minimum absolute atomic E-state index is 0.0792. The first-order chi connectivity index (χ1) is 17.2. The first-order valence-electron chi connectivity index (χ1n) is 11.4. The van der Waals surface area contributed by atoms with Crippen LogP contribution in [0.4, 0.5) is 18.3 Å². The number of thiazole rings is 1. The molecule has 36 heavy (non-hydrogen) atoms. The second-order valence-electron chi connectivity index (χ2n) is 8.80. The Morgan fingerprint density at radius 3 is 2.61 bits per heavy atom. The van der Waals surface area contributed by atoms with Gasteiger partial charge in [-0.15, -0.1) is 0 Å². The van der Waals surface area contributed by atoms with Crippen molar-refractivity contribution in [2.24, 2.45) is 5.92 Å². The molecule has 2 aromatic heterocycles. The number of halogens is 3. The Kier molecular flexibility index (Phi) is 6.92. The summed E-state index contributed by atoms with van der Waals surface area (Å²) >= 11 is 0.678. The summed E-state index contributed by atoms with van der Waals surface area (Å²) in [4.78, 5) is 16.8. The van der Waals surface area contributed by atoms with E-state index in [-0.39, 0.29) is 26.8 Å². The molecule has 2 aliphatic rings. The number of aromatic nitrogens is 3. The predicted molar refractivity (Wildman–Crippen MR) is 124 cm³/mol. The molecule has 0 bridgehead atoms. The number of benzene rings is 1. The van der Waals surface area contributed by atoms with E-state index in [0.29, 0.717) is 43.8 Å². The fourth-order valence-electron chi connectivity index (χ4n) is 4.47. The minimum Gasteiger partial charge on any atom is -0.433 e. The molecule has 1 unspecified atom stereocenters. The molecule has 1 atom stereocenters. The van der Waals surface area contributed by atoms with Crippen LogP contribution in [0.5, 0.6) is 5.75 Å². The van der Waals surface area contributed by atoms with Gasteiger partial charge in [-0.2, -0.15) is 18.3 Å². The molecule has 1 aliphatic carbocycles. The SMILES string of the molecule is O=C(Nc1ncc(F)s1)C(CC1CCOCC1)n1ncc2c(S(=O)(=O)C3CC3)c(OC(F)F)ccc21. The fraction of sp³-hybridized carbons (Fsp3) is 0.500. The molecular formula is C22H23F3N4O5S2. The number of nitrogens with one attached hydrogen (secondary N) is 1. The maximum Gasteiger partial charge on any atom is 0.387 e. The molecule has 1 saturated heterocycles. The van der Waals surface area contributed by atoms with Gasteiger partial charge in [-0.3, -0.25) is 9.48 Å². The number of anilines is 1. The lowest BCUT2D eigenvalue weighted by atomic mass is 9.92. The van der Waals surface area contributed by atoms with Crippen LogP contribution in [0.1, 0.15) is 38.1 Å². The average molecular weight is 545 g/mol. The number of hydrogen-bond donors (Lipinski definition) is 1. The third-order valence-corrected chi connectivity index (χ3v) is 9.40. The van der Waals surface area contributed by atoms with Gasteiger partial charge in [-0.1, -0.05) is 11.3 Å². The van der Waals surface area contributed by atoms with Crippen molar-refractivity contribution in [2.75, 3.05) is 18.5 Å². The second-order valence-corrected chi connectivity index (χ2v) is 11.9. The number of fused-ring (bicyclic) bond motifs is 1. The van der Waals surface area contributed by atoms with Crippen molar-refractivity contribution in [1.29, 1.82) is 0 Å². The molecule has 2 fully saturated rings. The van der Waals surface area contributed by atoms with E-state index in [1.54, 1.807) is 0 Å². The molecule has 5 rings (SSSR count). The third-order valence-electron chi connectivity index (χ3n) is 6.36. The van der Waals surface area contributed by atoms with E-state index >= 15 is 0 Å². The first-order valence-corrected chi connectivity index (χ1v) is 13.8. The third kappa shape index (κ3) is 5.06. The van der Waals surface area contributed by atoms with Gasteiger partial charge >= 0.3 is 6.61 Å². The van der Waals surface area contributed by atoms with Gasteiger partial charge in [0.25, 0.3) is 5.91 Å². The van der Waals surface area contributed by atoms with Crippen LogP contribution in [0.2, 0.25) is 0 Å². The van der Waals surface area contributed by atoms with Crippen molar-refractivity contribution in [2.45, 2.75) is 54.9 Å². The number of ether oxygens (including phenoxy) is 2. The zero-order chi connectivity index (χ0) is 25.4. The maximum absolute atomic E-state index is 13.4. The number of sulfone groups is 1. The lowest BCUT2D eigenvalue weighted by molar-refractivity contribution is -0.120. The summed E-state index contributed by atoms with van der Waals surface area (Å²) in [5.74, 6) is -0.828. The quantitative estimate of drug-likeness (QED) is 0.430. The summed E-state index contributed by atoms with van der Waals surface area (Å²) in [6.45, 7) is -2.11. The summed E-state index contributed by atoms with van der Waals surface area (Å²) < 4.78 is 77.3. The number of carbonyl (C=O) groups excluding carboxylic acids is 1. The van der Waals surface area contributed by atoms with Crippen molar-refractivity contribution < 1.29 is 35.9 Å². The Balaban J connectivity index is 1.57. The summed E-state index contributed by atoms with van der Waals surface area (Å²) in [6.07, 6.45) is 4.93. The van der Waals surface area contributed by atoms with Gasteiger partial charge < -0.3 is 14.8 Å². The number of amides is 1. The van der Waals surface area contributed by atoms with Crippen LogP contribution in [0.3, 0.4) is 0 Å². The Hall–Kier alpha value is -2.71. The molecule has 3 heterocycles. The van der Waals surface area contributed by atoms with E-state index in [4.69, 9.17) is 4.74 Å². The Labute approximate surface area is 208 Å². The van der Waals surface area contributed by atoms with Gasteiger partial charge in [-0.05, 0) is 50.2 Å². The smallest absolute Gasteiger partial charge is 0.387 e. The molecule has 3 aromatic rings. The van der Waals surface area contributed by atoms with E-state index < -0.39 is 44.5 Å². The van der Waals surface area contributed by atoms with Gasteiger partial charge in [-0.25, -0.2) is 13.4 Å². The van der Waals surface area contributed by atoms with Crippen LogP contribution < -0.4 is 10.1 Å².